The molecule has 1 aliphatic carbocycles. The van der Waals surface area contributed by atoms with Gasteiger partial charge in [0.25, 0.3) is 0 Å². The molecule has 5 nitrogen and oxygen atoms in total. The number of hydrogen-bond acceptors (Lipinski definition) is 3. The molecule has 152 valence electrons. The third kappa shape index (κ3) is 5.17. The van der Waals surface area contributed by atoms with E-state index in [1.165, 1.54) is 5.56 Å². The fraction of sp³-hybridized carbons (Fsp3) is 0.409. The second-order valence-electron chi connectivity index (χ2n) is 7.05. The highest BCUT2D eigenvalue weighted by molar-refractivity contribution is 14.0. The molecular weight excluding hydrogens is 465 g/mol. The van der Waals surface area contributed by atoms with E-state index in [0.29, 0.717) is 19.0 Å². The SMILES string of the molecule is CCNC(=NCc1ccc(C)cc1OC)NCC1(O)CCc2ccccc21.I. The van der Waals surface area contributed by atoms with Gasteiger partial charge in [-0.15, -0.1) is 24.0 Å². The molecule has 2 aromatic rings. The Labute approximate surface area is 184 Å². The lowest BCUT2D eigenvalue weighted by Gasteiger charge is -2.25. The maximum atomic E-state index is 11.1. The lowest BCUT2D eigenvalue weighted by Crippen LogP contribution is -2.45. The Hall–Kier alpha value is -1.80. The summed E-state index contributed by atoms with van der Waals surface area (Å²) in [6, 6.07) is 14.2. The van der Waals surface area contributed by atoms with E-state index in [0.717, 1.165) is 41.8 Å². The lowest BCUT2D eigenvalue weighted by molar-refractivity contribution is 0.0432. The van der Waals surface area contributed by atoms with Crippen molar-refractivity contribution in [3.05, 3.63) is 64.7 Å². The largest absolute Gasteiger partial charge is 0.496 e. The third-order valence-corrected chi connectivity index (χ3v) is 5.07. The number of benzene rings is 2. The number of aliphatic hydroxyl groups is 1. The summed E-state index contributed by atoms with van der Waals surface area (Å²) in [5.74, 6) is 1.54. The van der Waals surface area contributed by atoms with E-state index in [-0.39, 0.29) is 24.0 Å². The summed E-state index contributed by atoms with van der Waals surface area (Å²) >= 11 is 0. The predicted octanol–water partition coefficient (Wildman–Crippen LogP) is 3.51. The van der Waals surface area contributed by atoms with Crippen molar-refractivity contribution in [2.45, 2.75) is 38.8 Å². The number of aliphatic imine (C=N–C) groups is 1. The standard InChI is InChI=1S/C22H29N3O2.HI/c1-4-23-21(24-14-18-10-9-16(2)13-20(18)27-3)25-15-22(26)12-11-17-7-5-6-8-19(17)22;/h5-10,13,26H,4,11-12,14-15H2,1-3H3,(H2,23,24,25);1H. The molecular formula is C22H30IN3O2. The molecule has 1 atom stereocenters. The molecule has 0 bridgehead atoms. The molecule has 1 unspecified atom stereocenters. The van der Waals surface area contributed by atoms with Gasteiger partial charge in [0.05, 0.1) is 20.2 Å². The number of methoxy groups -OCH3 is 1. The molecule has 0 aliphatic heterocycles. The zero-order valence-electron chi connectivity index (χ0n) is 16.8. The van der Waals surface area contributed by atoms with Crippen molar-refractivity contribution in [2.75, 3.05) is 20.2 Å². The van der Waals surface area contributed by atoms with Gasteiger partial charge in [-0.25, -0.2) is 4.99 Å². The third-order valence-electron chi connectivity index (χ3n) is 5.07. The number of ether oxygens (including phenoxy) is 1. The first-order valence-electron chi connectivity index (χ1n) is 9.52. The van der Waals surface area contributed by atoms with Crippen LogP contribution in [0.25, 0.3) is 0 Å². The van der Waals surface area contributed by atoms with Crippen molar-refractivity contribution < 1.29 is 9.84 Å². The first kappa shape index (κ1) is 22.5. The molecule has 0 saturated heterocycles. The Morgan fingerprint density at radius 2 is 2.00 bits per heavy atom. The zero-order chi connectivity index (χ0) is 19.3. The molecule has 0 aromatic heterocycles. The highest BCUT2D eigenvalue weighted by atomic mass is 127. The van der Waals surface area contributed by atoms with E-state index in [1.54, 1.807) is 7.11 Å². The quantitative estimate of drug-likeness (QED) is 0.326. The van der Waals surface area contributed by atoms with Crippen LogP contribution in [0.3, 0.4) is 0 Å². The van der Waals surface area contributed by atoms with E-state index < -0.39 is 5.60 Å². The monoisotopic (exact) mass is 495 g/mol. The number of halogens is 1. The summed E-state index contributed by atoms with van der Waals surface area (Å²) in [6.45, 7) is 5.77. The molecule has 0 spiro atoms. The molecule has 28 heavy (non-hydrogen) atoms. The van der Waals surface area contributed by atoms with Crippen molar-refractivity contribution in [1.29, 1.82) is 0 Å². The van der Waals surface area contributed by atoms with Crippen molar-refractivity contribution in [3.63, 3.8) is 0 Å². The summed E-state index contributed by atoms with van der Waals surface area (Å²) < 4.78 is 5.46. The van der Waals surface area contributed by atoms with Crippen molar-refractivity contribution >= 4 is 29.9 Å². The molecule has 1 aliphatic rings. The van der Waals surface area contributed by atoms with Crippen LogP contribution < -0.4 is 15.4 Å². The summed E-state index contributed by atoms with van der Waals surface area (Å²) in [5, 5.41) is 17.7. The number of aryl methyl sites for hydroxylation is 2. The van der Waals surface area contributed by atoms with Crippen LogP contribution in [-0.4, -0.2) is 31.3 Å². The van der Waals surface area contributed by atoms with E-state index in [2.05, 4.69) is 27.8 Å². The first-order valence-corrected chi connectivity index (χ1v) is 9.52. The molecule has 0 radical (unpaired) electrons. The van der Waals surface area contributed by atoms with Crippen molar-refractivity contribution in [3.8, 4) is 5.75 Å². The fourth-order valence-electron chi connectivity index (χ4n) is 3.57. The minimum atomic E-state index is -0.853. The average Bonchev–Trinajstić information content (AvgIpc) is 3.02. The average molecular weight is 495 g/mol. The van der Waals surface area contributed by atoms with Crippen LogP contribution in [0.2, 0.25) is 0 Å². The molecule has 0 saturated carbocycles. The Morgan fingerprint density at radius 1 is 1.21 bits per heavy atom. The Balaban J connectivity index is 0.00000280. The number of guanidine groups is 1. The first-order chi connectivity index (χ1) is 13.1. The van der Waals surface area contributed by atoms with Crippen molar-refractivity contribution in [1.82, 2.24) is 10.6 Å². The summed E-state index contributed by atoms with van der Waals surface area (Å²) in [6.07, 6.45) is 1.63. The van der Waals surface area contributed by atoms with Gasteiger partial charge >= 0.3 is 0 Å². The van der Waals surface area contributed by atoms with Crippen LogP contribution in [0.4, 0.5) is 0 Å². The van der Waals surface area contributed by atoms with E-state index in [9.17, 15) is 5.11 Å². The molecule has 0 heterocycles. The van der Waals surface area contributed by atoms with Gasteiger partial charge in [-0.05, 0) is 49.4 Å². The van der Waals surface area contributed by atoms with Gasteiger partial charge in [0.1, 0.15) is 11.4 Å². The normalized spacial score (nSPS) is 18.2. The van der Waals surface area contributed by atoms with E-state index in [1.807, 2.05) is 44.2 Å². The lowest BCUT2D eigenvalue weighted by atomic mass is 9.96. The van der Waals surface area contributed by atoms with Crippen LogP contribution in [-0.2, 0) is 18.6 Å². The highest BCUT2D eigenvalue weighted by Gasteiger charge is 2.36. The second-order valence-corrected chi connectivity index (χ2v) is 7.05. The summed E-state index contributed by atoms with van der Waals surface area (Å²) in [7, 11) is 1.68. The van der Waals surface area contributed by atoms with Gasteiger partial charge < -0.3 is 20.5 Å². The van der Waals surface area contributed by atoms with E-state index >= 15 is 0 Å². The predicted molar refractivity (Wildman–Crippen MR) is 125 cm³/mol. The van der Waals surface area contributed by atoms with Gasteiger partial charge in [0, 0.05) is 12.1 Å². The van der Waals surface area contributed by atoms with Crippen LogP contribution in [0.1, 0.15) is 35.6 Å². The summed E-state index contributed by atoms with van der Waals surface area (Å²) in [4.78, 5) is 4.67. The maximum absolute atomic E-state index is 11.1. The highest BCUT2D eigenvalue weighted by Crippen LogP contribution is 2.36. The maximum Gasteiger partial charge on any atom is 0.191 e. The smallest absolute Gasteiger partial charge is 0.191 e. The number of nitrogens with one attached hydrogen (secondary N) is 2. The second kappa shape index (κ2) is 10.1. The van der Waals surface area contributed by atoms with Crippen LogP contribution in [0.5, 0.6) is 5.75 Å². The number of rotatable bonds is 6. The number of fused-ring (bicyclic) bond motifs is 1. The molecule has 3 N–H and O–H groups in total. The zero-order valence-corrected chi connectivity index (χ0v) is 19.1. The van der Waals surface area contributed by atoms with Gasteiger partial charge in [-0.3, -0.25) is 0 Å². The minimum Gasteiger partial charge on any atom is -0.496 e. The fourth-order valence-corrected chi connectivity index (χ4v) is 3.57. The van der Waals surface area contributed by atoms with E-state index in [4.69, 9.17) is 4.74 Å². The number of hydrogen-bond donors (Lipinski definition) is 3. The van der Waals surface area contributed by atoms with Crippen LogP contribution in [0, 0.1) is 6.92 Å². The molecule has 2 aromatic carbocycles. The summed E-state index contributed by atoms with van der Waals surface area (Å²) in [5.41, 5.74) is 3.59. The minimum absolute atomic E-state index is 0. The molecule has 0 fully saturated rings. The van der Waals surface area contributed by atoms with Gasteiger partial charge in [-0.1, -0.05) is 36.4 Å². The molecule has 0 amide bonds. The van der Waals surface area contributed by atoms with Crippen LogP contribution >= 0.6 is 24.0 Å². The van der Waals surface area contributed by atoms with Gasteiger partial charge in [0.2, 0.25) is 0 Å². The Morgan fingerprint density at radius 3 is 2.75 bits per heavy atom. The number of nitrogens with zero attached hydrogens (tertiary/aromatic N) is 1. The molecule has 3 rings (SSSR count). The van der Waals surface area contributed by atoms with Crippen molar-refractivity contribution in [2.24, 2.45) is 4.99 Å². The Bertz CT molecular complexity index is 825. The molecule has 6 heteroatoms. The van der Waals surface area contributed by atoms with Crippen LogP contribution in [0.15, 0.2) is 47.5 Å². The van der Waals surface area contributed by atoms with Gasteiger partial charge in [0.15, 0.2) is 5.96 Å². The topological polar surface area (TPSA) is 65.9 Å². The van der Waals surface area contributed by atoms with Gasteiger partial charge in [-0.2, -0.15) is 0 Å². The Kier molecular flexibility index (Phi) is 8.12.